The van der Waals surface area contributed by atoms with Gasteiger partial charge in [0.25, 0.3) is 0 Å². The first-order valence-electron chi connectivity index (χ1n) is 5.52. The lowest BCUT2D eigenvalue weighted by molar-refractivity contribution is 0.498. The molecule has 0 unspecified atom stereocenters. The lowest BCUT2D eigenvalue weighted by Gasteiger charge is -2.17. The minimum Gasteiger partial charge on any atom is -0.308 e. The van der Waals surface area contributed by atoms with E-state index in [1.807, 2.05) is 0 Å². The lowest BCUT2D eigenvalue weighted by atomic mass is 9.91. The molecule has 0 saturated heterocycles. The summed E-state index contributed by atoms with van der Waals surface area (Å²) in [5, 5.41) is 14.1. The van der Waals surface area contributed by atoms with E-state index in [1.165, 1.54) is 0 Å². The third kappa shape index (κ3) is 3.54. The van der Waals surface area contributed by atoms with Gasteiger partial charge in [0.15, 0.2) is 0 Å². The van der Waals surface area contributed by atoms with Crippen LogP contribution in [0.5, 0.6) is 0 Å². The van der Waals surface area contributed by atoms with Gasteiger partial charge in [-0.15, -0.1) is 10.2 Å². The monoisotopic (exact) mass is 227 g/mol. The Hall–Kier alpha value is -0.480. The van der Waals surface area contributed by atoms with Gasteiger partial charge in [0.2, 0.25) is 0 Å². The van der Waals surface area contributed by atoms with Crippen molar-refractivity contribution in [2.24, 2.45) is 0 Å². The standard InChI is InChI=1S/C11H21N3S/c1-6-11(4,5)10-14-13-9(15-10)7-12-8(2)3/h8,12H,6-7H2,1-5H3. The normalized spacial score (nSPS) is 12.4. The second-order valence-electron chi connectivity index (χ2n) is 4.77. The largest absolute Gasteiger partial charge is 0.308 e. The van der Waals surface area contributed by atoms with Crippen LogP contribution in [0, 0.1) is 0 Å². The zero-order valence-corrected chi connectivity index (χ0v) is 11.1. The first kappa shape index (κ1) is 12.6. The summed E-state index contributed by atoms with van der Waals surface area (Å²) < 4.78 is 0. The van der Waals surface area contributed by atoms with Gasteiger partial charge >= 0.3 is 0 Å². The fourth-order valence-electron chi connectivity index (χ4n) is 1.04. The molecule has 4 heteroatoms. The maximum Gasteiger partial charge on any atom is 0.131 e. The zero-order chi connectivity index (χ0) is 11.5. The third-order valence-corrected chi connectivity index (χ3v) is 3.88. The highest BCUT2D eigenvalue weighted by atomic mass is 32.1. The fourth-order valence-corrected chi connectivity index (χ4v) is 2.00. The minimum atomic E-state index is 0.160. The van der Waals surface area contributed by atoms with Crippen molar-refractivity contribution >= 4 is 11.3 Å². The van der Waals surface area contributed by atoms with Crippen LogP contribution in [0.1, 0.15) is 51.1 Å². The number of nitrogens with one attached hydrogen (secondary N) is 1. The summed E-state index contributed by atoms with van der Waals surface area (Å²) in [6.45, 7) is 11.7. The van der Waals surface area contributed by atoms with Crippen LogP contribution in [0.3, 0.4) is 0 Å². The van der Waals surface area contributed by atoms with E-state index in [0.29, 0.717) is 6.04 Å². The van der Waals surface area contributed by atoms with Gasteiger partial charge in [-0.3, -0.25) is 0 Å². The molecule has 1 rings (SSSR count). The molecule has 0 spiro atoms. The van der Waals surface area contributed by atoms with Crippen LogP contribution in [-0.2, 0) is 12.0 Å². The molecule has 1 aromatic rings. The number of rotatable bonds is 5. The Morgan fingerprint density at radius 2 is 2.00 bits per heavy atom. The van der Waals surface area contributed by atoms with Crippen molar-refractivity contribution in [1.29, 1.82) is 0 Å². The number of nitrogens with zero attached hydrogens (tertiary/aromatic N) is 2. The summed E-state index contributed by atoms with van der Waals surface area (Å²) in [5.74, 6) is 0. The molecule has 0 amide bonds. The molecular formula is C11H21N3S. The molecule has 0 saturated carbocycles. The van der Waals surface area contributed by atoms with Crippen LogP contribution in [0.4, 0.5) is 0 Å². The summed E-state index contributed by atoms with van der Waals surface area (Å²) in [4.78, 5) is 0. The van der Waals surface area contributed by atoms with Gasteiger partial charge in [-0.2, -0.15) is 0 Å². The van der Waals surface area contributed by atoms with E-state index < -0.39 is 0 Å². The molecule has 0 atom stereocenters. The highest BCUT2D eigenvalue weighted by molar-refractivity contribution is 7.11. The summed E-state index contributed by atoms with van der Waals surface area (Å²) in [6, 6.07) is 0.497. The van der Waals surface area contributed by atoms with Gasteiger partial charge in [0, 0.05) is 18.0 Å². The predicted molar refractivity (Wildman–Crippen MR) is 65.2 cm³/mol. The Balaban J connectivity index is 2.64. The first-order chi connectivity index (χ1) is 6.95. The van der Waals surface area contributed by atoms with Crippen LogP contribution in [0.2, 0.25) is 0 Å². The molecule has 1 heterocycles. The number of aromatic nitrogens is 2. The molecule has 0 radical (unpaired) electrons. The van der Waals surface area contributed by atoms with Gasteiger partial charge in [0.05, 0.1) is 0 Å². The van der Waals surface area contributed by atoms with Crippen LogP contribution in [0.15, 0.2) is 0 Å². The Kier molecular flexibility index (Phi) is 4.22. The topological polar surface area (TPSA) is 37.8 Å². The van der Waals surface area contributed by atoms with Gasteiger partial charge in [-0.05, 0) is 6.42 Å². The Morgan fingerprint density at radius 1 is 1.33 bits per heavy atom. The van der Waals surface area contributed by atoms with Crippen molar-refractivity contribution < 1.29 is 0 Å². The Bertz CT molecular complexity index is 305. The van der Waals surface area contributed by atoms with Gasteiger partial charge in [-0.25, -0.2) is 0 Å². The highest BCUT2D eigenvalue weighted by Gasteiger charge is 2.22. The Labute approximate surface area is 96.3 Å². The quantitative estimate of drug-likeness (QED) is 0.840. The molecule has 0 bridgehead atoms. The molecule has 0 aromatic carbocycles. The summed E-state index contributed by atoms with van der Waals surface area (Å²) >= 11 is 1.72. The molecule has 0 aliphatic carbocycles. The fraction of sp³-hybridized carbons (Fsp3) is 0.818. The SMILES string of the molecule is CCC(C)(C)c1nnc(CNC(C)C)s1. The molecule has 15 heavy (non-hydrogen) atoms. The minimum absolute atomic E-state index is 0.160. The number of hydrogen-bond donors (Lipinski definition) is 1. The van der Waals surface area contributed by atoms with Crippen LogP contribution >= 0.6 is 11.3 Å². The lowest BCUT2D eigenvalue weighted by Crippen LogP contribution is -2.21. The van der Waals surface area contributed by atoms with Gasteiger partial charge in [-0.1, -0.05) is 46.0 Å². The molecular weight excluding hydrogens is 206 g/mol. The van der Waals surface area contributed by atoms with Crippen LogP contribution in [0.25, 0.3) is 0 Å². The molecule has 0 aliphatic heterocycles. The zero-order valence-electron chi connectivity index (χ0n) is 10.3. The first-order valence-corrected chi connectivity index (χ1v) is 6.33. The smallest absolute Gasteiger partial charge is 0.131 e. The molecule has 3 nitrogen and oxygen atoms in total. The van der Waals surface area contributed by atoms with Gasteiger partial charge < -0.3 is 5.32 Å². The maximum absolute atomic E-state index is 4.27. The molecule has 1 N–H and O–H groups in total. The molecule has 0 fully saturated rings. The van der Waals surface area contributed by atoms with Crippen molar-refractivity contribution in [3.05, 3.63) is 10.0 Å². The van der Waals surface area contributed by atoms with E-state index in [1.54, 1.807) is 11.3 Å². The van der Waals surface area contributed by atoms with E-state index in [2.05, 4.69) is 50.1 Å². The molecule has 0 aliphatic rings. The summed E-state index contributed by atoms with van der Waals surface area (Å²) in [5.41, 5.74) is 0.160. The van der Waals surface area contributed by atoms with E-state index in [0.717, 1.165) is 23.0 Å². The van der Waals surface area contributed by atoms with E-state index >= 15 is 0 Å². The second kappa shape index (κ2) is 5.03. The van der Waals surface area contributed by atoms with Gasteiger partial charge in [0.1, 0.15) is 10.0 Å². The van der Waals surface area contributed by atoms with E-state index in [9.17, 15) is 0 Å². The predicted octanol–water partition coefficient (Wildman–Crippen LogP) is 2.72. The van der Waals surface area contributed by atoms with Crippen molar-refractivity contribution in [3.63, 3.8) is 0 Å². The molecule has 86 valence electrons. The summed E-state index contributed by atoms with van der Waals surface area (Å²) in [7, 11) is 0. The summed E-state index contributed by atoms with van der Waals surface area (Å²) in [6.07, 6.45) is 1.10. The van der Waals surface area contributed by atoms with E-state index in [-0.39, 0.29) is 5.41 Å². The van der Waals surface area contributed by atoms with Crippen LogP contribution < -0.4 is 5.32 Å². The number of hydrogen-bond acceptors (Lipinski definition) is 4. The van der Waals surface area contributed by atoms with Crippen molar-refractivity contribution in [2.45, 2.75) is 59.0 Å². The Morgan fingerprint density at radius 3 is 2.53 bits per heavy atom. The third-order valence-electron chi connectivity index (χ3n) is 2.59. The van der Waals surface area contributed by atoms with E-state index in [4.69, 9.17) is 0 Å². The van der Waals surface area contributed by atoms with Crippen molar-refractivity contribution in [1.82, 2.24) is 15.5 Å². The van der Waals surface area contributed by atoms with Crippen molar-refractivity contribution in [3.8, 4) is 0 Å². The second-order valence-corrected chi connectivity index (χ2v) is 5.84. The van der Waals surface area contributed by atoms with Crippen LogP contribution in [-0.4, -0.2) is 16.2 Å². The van der Waals surface area contributed by atoms with Crippen molar-refractivity contribution in [2.75, 3.05) is 0 Å². The maximum atomic E-state index is 4.27. The average molecular weight is 227 g/mol. The average Bonchev–Trinajstić information content (AvgIpc) is 2.63. The molecule has 1 aromatic heterocycles. The highest BCUT2D eigenvalue weighted by Crippen LogP contribution is 2.28.